The number of aromatic nitrogens is 2. The molecule has 0 aliphatic carbocycles. The van der Waals surface area contributed by atoms with E-state index in [1.165, 1.54) is 17.7 Å². The molecule has 152 valence electrons. The van der Waals surface area contributed by atoms with Crippen LogP contribution in [0.5, 0.6) is 0 Å². The zero-order chi connectivity index (χ0) is 21.1. The molecule has 0 fully saturated rings. The number of benzene rings is 3. The summed E-state index contributed by atoms with van der Waals surface area (Å²) in [6, 6.07) is 23.5. The highest BCUT2D eigenvalue weighted by Gasteiger charge is 2.18. The molecule has 0 radical (unpaired) electrons. The highest BCUT2D eigenvalue weighted by Crippen LogP contribution is 2.27. The fourth-order valence-electron chi connectivity index (χ4n) is 3.03. The molecule has 1 aromatic heterocycles. The van der Waals surface area contributed by atoms with Gasteiger partial charge >= 0.3 is 0 Å². The second-order valence-electron chi connectivity index (χ2n) is 7.23. The Bertz CT molecular complexity index is 1270. The molecule has 2 N–H and O–H groups in total. The number of anilines is 3. The van der Waals surface area contributed by atoms with Gasteiger partial charge in [0.15, 0.2) is 11.6 Å². The molecular weight excluding hydrogens is 396 g/mol. The molecule has 6 nitrogen and oxygen atoms in total. The second kappa shape index (κ2) is 8.12. The van der Waals surface area contributed by atoms with Gasteiger partial charge in [-0.2, -0.15) is 0 Å². The van der Waals surface area contributed by atoms with Crippen molar-refractivity contribution in [3.05, 3.63) is 84.4 Å². The van der Waals surface area contributed by atoms with E-state index in [0.717, 1.165) is 5.69 Å². The van der Waals surface area contributed by atoms with Crippen molar-refractivity contribution in [3.8, 4) is 0 Å². The van der Waals surface area contributed by atoms with Crippen molar-refractivity contribution in [2.45, 2.75) is 24.7 Å². The molecule has 4 rings (SSSR count). The zero-order valence-corrected chi connectivity index (χ0v) is 17.5. The van der Waals surface area contributed by atoms with Crippen LogP contribution in [0.15, 0.2) is 83.8 Å². The first-order valence-corrected chi connectivity index (χ1v) is 11.1. The van der Waals surface area contributed by atoms with Crippen molar-refractivity contribution in [2.24, 2.45) is 0 Å². The van der Waals surface area contributed by atoms with E-state index < -0.39 is 10.0 Å². The van der Waals surface area contributed by atoms with Crippen molar-refractivity contribution in [2.75, 3.05) is 10.0 Å². The van der Waals surface area contributed by atoms with Crippen LogP contribution in [0, 0.1) is 0 Å². The first kappa shape index (κ1) is 19.8. The van der Waals surface area contributed by atoms with Gasteiger partial charge in [0, 0.05) is 5.69 Å². The molecular formula is C23H22N4O2S. The van der Waals surface area contributed by atoms with Crippen LogP contribution in [-0.4, -0.2) is 18.4 Å². The summed E-state index contributed by atoms with van der Waals surface area (Å²) in [7, 11) is -3.81. The lowest BCUT2D eigenvalue weighted by molar-refractivity contribution is 0.601. The number of para-hydroxylation sites is 2. The Hall–Kier alpha value is -3.45. The van der Waals surface area contributed by atoms with E-state index in [0.29, 0.717) is 22.8 Å². The van der Waals surface area contributed by atoms with E-state index in [1.807, 2.05) is 42.5 Å². The highest BCUT2D eigenvalue weighted by atomic mass is 32.2. The number of hydrogen-bond acceptors (Lipinski definition) is 5. The Kier molecular flexibility index (Phi) is 5.37. The number of fused-ring (bicyclic) bond motifs is 1. The second-order valence-corrected chi connectivity index (χ2v) is 8.91. The molecule has 0 spiro atoms. The van der Waals surface area contributed by atoms with Crippen molar-refractivity contribution >= 4 is 38.4 Å². The van der Waals surface area contributed by atoms with Crippen LogP contribution in [0.1, 0.15) is 25.3 Å². The summed E-state index contributed by atoms with van der Waals surface area (Å²) < 4.78 is 28.3. The summed E-state index contributed by atoms with van der Waals surface area (Å²) in [5.41, 5.74) is 3.28. The van der Waals surface area contributed by atoms with Gasteiger partial charge in [-0.1, -0.05) is 56.3 Å². The molecule has 0 atom stereocenters. The quantitative estimate of drug-likeness (QED) is 0.444. The minimum absolute atomic E-state index is 0.144. The summed E-state index contributed by atoms with van der Waals surface area (Å²) in [6.45, 7) is 4.27. The average Bonchev–Trinajstić information content (AvgIpc) is 2.75. The first-order valence-electron chi connectivity index (χ1n) is 9.64. The van der Waals surface area contributed by atoms with Gasteiger partial charge in [-0.05, 0) is 47.9 Å². The maximum absolute atomic E-state index is 12.9. The van der Waals surface area contributed by atoms with Crippen LogP contribution in [0.25, 0.3) is 11.0 Å². The number of nitrogens with one attached hydrogen (secondary N) is 2. The highest BCUT2D eigenvalue weighted by molar-refractivity contribution is 7.92. The Morgan fingerprint density at radius 3 is 1.90 bits per heavy atom. The molecule has 1 heterocycles. The van der Waals surface area contributed by atoms with Crippen LogP contribution >= 0.6 is 0 Å². The van der Waals surface area contributed by atoms with E-state index in [4.69, 9.17) is 0 Å². The van der Waals surface area contributed by atoms with Crippen LogP contribution < -0.4 is 10.0 Å². The number of nitrogens with zero attached hydrogens (tertiary/aromatic N) is 2. The Morgan fingerprint density at radius 2 is 1.30 bits per heavy atom. The molecule has 4 aromatic rings. The topological polar surface area (TPSA) is 84.0 Å². The van der Waals surface area contributed by atoms with E-state index in [9.17, 15) is 8.42 Å². The third kappa shape index (κ3) is 4.26. The van der Waals surface area contributed by atoms with Crippen molar-refractivity contribution in [3.63, 3.8) is 0 Å². The maximum Gasteiger partial charge on any atom is 0.263 e. The predicted molar refractivity (Wildman–Crippen MR) is 121 cm³/mol. The van der Waals surface area contributed by atoms with Crippen LogP contribution in [0.3, 0.4) is 0 Å². The standard InChI is InChI=1S/C23H22N4O2S/c1-16(2)17-12-14-18(15-13-17)24-22-23(26-21-11-7-6-10-20(21)25-22)27-30(28,29)19-8-4-3-5-9-19/h3-16H,1-2H3,(H,24,25)(H,26,27). The summed E-state index contributed by atoms with van der Waals surface area (Å²) in [4.78, 5) is 9.28. The van der Waals surface area contributed by atoms with Crippen molar-refractivity contribution in [1.82, 2.24) is 9.97 Å². The molecule has 0 aliphatic rings. The van der Waals surface area contributed by atoms with E-state index in [1.54, 1.807) is 24.3 Å². The van der Waals surface area contributed by atoms with Crippen LogP contribution in [-0.2, 0) is 10.0 Å². The van der Waals surface area contributed by atoms with Gasteiger partial charge in [-0.15, -0.1) is 0 Å². The normalized spacial score (nSPS) is 11.6. The Morgan fingerprint density at radius 1 is 0.733 bits per heavy atom. The minimum Gasteiger partial charge on any atom is -0.337 e. The van der Waals surface area contributed by atoms with E-state index >= 15 is 0 Å². The number of rotatable bonds is 6. The van der Waals surface area contributed by atoms with Crippen molar-refractivity contribution < 1.29 is 8.42 Å². The summed E-state index contributed by atoms with van der Waals surface area (Å²) in [5.74, 6) is 0.906. The van der Waals surface area contributed by atoms with Crippen LogP contribution in [0.2, 0.25) is 0 Å². The largest absolute Gasteiger partial charge is 0.337 e. The van der Waals surface area contributed by atoms with Crippen molar-refractivity contribution in [1.29, 1.82) is 0 Å². The lowest BCUT2D eigenvalue weighted by Gasteiger charge is -2.14. The maximum atomic E-state index is 12.9. The predicted octanol–water partition coefficient (Wildman–Crippen LogP) is 5.30. The number of hydrogen-bond donors (Lipinski definition) is 2. The fourth-order valence-corrected chi connectivity index (χ4v) is 4.06. The Balaban J connectivity index is 1.74. The van der Waals surface area contributed by atoms with Gasteiger partial charge < -0.3 is 5.32 Å². The van der Waals surface area contributed by atoms with Gasteiger partial charge in [0.25, 0.3) is 10.0 Å². The van der Waals surface area contributed by atoms with Gasteiger partial charge in [-0.3, -0.25) is 4.72 Å². The molecule has 0 amide bonds. The lowest BCUT2D eigenvalue weighted by atomic mass is 10.0. The fraction of sp³-hybridized carbons (Fsp3) is 0.130. The SMILES string of the molecule is CC(C)c1ccc(Nc2nc3ccccc3nc2NS(=O)(=O)c2ccccc2)cc1. The summed E-state index contributed by atoms with van der Waals surface area (Å²) >= 11 is 0. The Labute approximate surface area is 176 Å². The minimum atomic E-state index is -3.81. The third-order valence-electron chi connectivity index (χ3n) is 4.70. The van der Waals surface area contributed by atoms with Crippen LogP contribution in [0.4, 0.5) is 17.3 Å². The summed E-state index contributed by atoms with van der Waals surface area (Å²) in [5, 5.41) is 3.20. The number of sulfonamides is 1. The average molecular weight is 419 g/mol. The molecule has 0 saturated carbocycles. The monoisotopic (exact) mass is 418 g/mol. The molecule has 0 saturated heterocycles. The lowest BCUT2D eigenvalue weighted by Crippen LogP contribution is -2.16. The molecule has 3 aromatic carbocycles. The zero-order valence-electron chi connectivity index (χ0n) is 16.7. The summed E-state index contributed by atoms with van der Waals surface area (Å²) in [6.07, 6.45) is 0. The molecule has 30 heavy (non-hydrogen) atoms. The van der Waals surface area contributed by atoms with Gasteiger partial charge in [0.05, 0.1) is 15.9 Å². The molecule has 0 unspecified atom stereocenters. The van der Waals surface area contributed by atoms with E-state index in [2.05, 4.69) is 33.9 Å². The van der Waals surface area contributed by atoms with Gasteiger partial charge in [0.1, 0.15) is 0 Å². The smallest absolute Gasteiger partial charge is 0.263 e. The third-order valence-corrected chi connectivity index (χ3v) is 6.05. The molecule has 0 aliphatic heterocycles. The molecule has 7 heteroatoms. The first-order chi connectivity index (χ1) is 14.4. The van der Waals surface area contributed by atoms with Gasteiger partial charge in [0.2, 0.25) is 0 Å². The van der Waals surface area contributed by atoms with Gasteiger partial charge in [-0.25, -0.2) is 18.4 Å². The molecule has 0 bridgehead atoms. The van der Waals surface area contributed by atoms with E-state index in [-0.39, 0.29) is 10.7 Å².